The molecular formula is C17H13BrFN. The van der Waals surface area contributed by atoms with Crippen molar-refractivity contribution in [3.05, 3.63) is 82.1 Å². The highest BCUT2D eigenvalue weighted by atomic mass is 79.9. The Bertz CT molecular complexity index is 750. The van der Waals surface area contributed by atoms with E-state index in [1.807, 2.05) is 36.4 Å². The minimum atomic E-state index is -0.341. The predicted molar refractivity (Wildman–Crippen MR) is 84.1 cm³/mol. The van der Waals surface area contributed by atoms with Crippen molar-refractivity contribution in [2.45, 2.75) is 6.04 Å². The molecule has 0 bridgehead atoms. The lowest BCUT2D eigenvalue weighted by atomic mass is 9.97. The van der Waals surface area contributed by atoms with Crippen LogP contribution in [0.15, 0.2) is 65.1 Å². The molecule has 0 saturated carbocycles. The zero-order chi connectivity index (χ0) is 14.1. The fourth-order valence-corrected chi connectivity index (χ4v) is 2.83. The Balaban J connectivity index is 2.05. The Morgan fingerprint density at radius 2 is 1.60 bits per heavy atom. The molecule has 0 fully saturated rings. The molecule has 0 aromatic heterocycles. The van der Waals surface area contributed by atoms with Crippen LogP contribution in [0.3, 0.4) is 0 Å². The second-order valence-corrected chi connectivity index (χ2v) is 5.70. The number of hydrogen-bond acceptors (Lipinski definition) is 1. The van der Waals surface area contributed by atoms with E-state index in [4.69, 9.17) is 5.73 Å². The van der Waals surface area contributed by atoms with Gasteiger partial charge in [-0.1, -0.05) is 52.3 Å². The number of benzene rings is 3. The highest BCUT2D eigenvalue weighted by molar-refractivity contribution is 9.10. The smallest absolute Gasteiger partial charge is 0.124 e. The van der Waals surface area contributed by atoms with Crippen LogP contribution in [0, 0.1) is 5.82 Å². The molecule has 3 rings (SSSR count). The summed E-state index contributed by atoms with van der Waals surface area (Å²) in [5, 5.41) is 2.31. The van der Waals surface area contributed by atoms with Crippen molar-refractivity contribution in [1.82, 2.24) is 0 Å². The van der Waals surface area contributed by atoms with Gasteiger partial charge in [-0.2, -0.15) is 0 Å². The Morgan fingerprint density at radius 1 is 0.850 bits per heavy atom. The van der Waals surface area contributed by atoms with Crippen molar-refractivity contribution in [2.24, 2.45) is 5.73 Å². The first-order valence-corrected chi connectivity index (χ1v) is 7.13. The van der Waals surface area contributed by atoms with Gasteiger partial charge in [0.1, 0.15) is 5.82 Å². The van der Waals surface area contributed by atoms with Crippen LogP contribution in [0.4, 0.5) is 4.39 Å². The summed E-state index contributed by atoms with van der Waals surface area (Å²) in [6.07, 6.45) is 0. The van der Waals surface area contributed by atoms with Crippen molar-refractivity contribution in [1.29, 1.82) is 0 Å². The maximum Gasteiger partial charge on any atom is 0.124 e. The quantitative estimate of drug-likeness (QED) is 0.718. The van der Waals surface area contributed by atoms with E-state index < -0.39 is 0 Å². The van der Waals surface area contributed by atoms with E-state index in [1.54, 1.807) is 0 Å². The molecule has 1 nitrogen and oxygen atoms in total. The summed E-state index contributed by atoms with van der Waals surface area (Å²) in [5.41, 5.74) is 7.99. The minimum Gasteiger partial charge on any atom is -0.320 e. The lowest BCUT2D eigenvalue weighted by molar-refractivity contribution is 0.622. The summed E-state index contributed by atoms with van der Waals surface area (Å²) in [5.74, 6) is -0.286. The first-order valence-electron chi connectivity index (χ1n) is 6.34. The predicted octanol–water partition coefficient (Wildman–Crippen LogP) is 4.79. The highest BCUT2D eigenvalue weighted by Crippen LogP contribution is 2.26. The third-order valence-electron chi connectivity index (χ3n) is 3.38. The molecule has 0 spiro atoms. The second-order valence-electron chi connectivity index (χ2n) is 4.79. The second kappa shape index (κ2) is 5.35. The standard InChI is InChI=1S/C17H13BrFN/c18-15-8-14(9-16(19)10-15)17(20)13-6-5-11-3-1-2-4-12(11)7-13/h1-10,17H,20H2. The van der Waals surface area contributed by atoms with Crippen LogP contribution in [0.25, 0.3) is 10.8 Å². The Hall–Kier alpha value is -1.71. The molecule has 0 radical (unpaired) electrons. The van der Waals surface area contributed by atoms with Crippen LogP contribution in [0.5, 0.6) is 0 Å². The molecule has 100 valence electrons. The highest BCUT2D eigenvalue weighted by Gasteiger charge is 2.11. The van der Waals surface area contributed by atoms with Gasteiger partial charge in [0.05, 0.1) is 6.04 Å². The molecule has 3 aromatic rings. The van der Waals surface area contributed by atoms with Crippen LogP contribution >= 0.6 is 15.9 Å². The number of rotatable bonds is 2. The maximum atomic E-state index is 13.5. The molecule has 0 aliphatic carbocycles. The molecule has 0 saturated heterocycles. The largest absolute Gasteiger partial charge is 0.320 e. The molecule has 1 unspecified atom stereocenters. The normalized spacial score (nSPS) is 12.6. The summed E-state index contributed by atoms with van der Waals surface area (Å²) >= 11 is 3.30. The Labute approximate surface area is 125 Å². The molecule has 2 N–H and O–H groups in total. The third-order valence-corrected chi connectivity index (χ3v) is 3.83. The van der Waals surface area contributed by atoms with Gasteiger partial charge in [0.25, 0.3) is 0 Å². The molecule has 0 aliphatic heterocycles. The number of nitrogens with two attached hydrogens (primary N) is 1. The minimum absolute atomic E-state index is 0.286. The molecule has 0 heterocycles. The van der Waals surface area contributed by atoms with Gasteiger partial charge in [-0.3, -0.25) is 0 Å². The van der Waals surface area contributed by atoms with Crippen LogP contribution < -0.4 is 5.73 Å². The van der Waals surface area contributed by atoms with E-state index in [-0.39, 0.29) is 11.9 Å². The van der Waals surface area contributed by atoms with Gasteiger partial charge >= 0.3 is 0 Å². The van der Waals surface area contributed by atoms with E-state index in [0.29, 0.717) is 4.47 Å². The molecule has 0 aliphatic rings. The van der Waals surface area contributed by atoms with E-state index in [9.17, 15) is 4.39 Å². The van der Waals surface area contributed by atoms with E-state index in [2.05, 4.69) is 28.1 Å². The maximum absolute atomic E-state index is 13.5. The van der Waals surface area contributed by atoms with E-state index in [1.165, 1.54) is 17.5 Å². The third kappa shape index (κ3) is 2.60. The van der Waals surface area contributed by atoms with Gasteiger partial charge in [-0.05, 0) is 46.2 Å². The SMILES string of the molecule is NC(c1cc(F)cc(Br)c1)c1ccc2ccccc2c1. The lowest BCUT2D eigenvalue weighted by Gasteiger charge is -2.14. The van der Waals surface area contributed by atoms with Crippen molar-refractivity contribution in [3.8, 4) is 0 Å². The molecule has 0 amide bonds. The summed E-state index contributed by atoms with van der Waals surface area (Å²) < 4.78 is 14.2. The monoisotopic (exact) mass is 329 g/mol. The van der Waals surface area contributed by atoms with Crippen molar-refractivity contribution >= 4 is 26.7 Å². The summed E-state index contributed by atoms with van der Waals surface area (Å²) in [6, 6.07) is 18.6. The molecule has 20 heavy (non-hydrogen) atoms. The van der Waals surface area contributed by atoms with Gasteiger partial charge in [-0.15, -0.1) is 0 Å². The Morgan fingerprint density at radius 3 is 2.35 bits per heavy atom. The van der Waals surface area contributed by atoms with Gasteiger partial charge in [0.2, 0.25) is 0 Å². The van der Waals surface area contributed by atoms with Crippen LogP contribution in [-0.4, -0.2) is 0 Å². The molecule has 3 aromatic carbocycles. The van der Waals surface area contributed by atoms with E-state index >= 15 is 0 Å². The van der Waals surface area contributed by atoms with Gasteiger partial charge in [-0.25, -0.2) is 4.39 Å². The average molecular weight is 330 g/mol. The fraction of sp³-hybridized carbons (Fsp3) is 0.0588. The zero-order valence-electron chi connectivity index (χ0n) is 10.7. The van der Waals surface area contributed by atoms with Gasteiger partial charge < -0.3 is 5.73 Å². The molecule has 3 heteroatoms. The van der Waals surface area contributed by atoms with E-state index in [0.717, 1.165) is 16.5 Å². The first kappa shape index (κ1) is 13.3. The number of hydrogen-bond donors (Lipinski definition) is 1. The average Bonchev–Trinajstić information content (AvgIpc) is 2.45. The van der Waals surface area contributed by atoms with Crippen LogP contribution in [0.2, 0.25) is 0 Å². The Kier molecular flexibility index (Phi) is 3.55. The van der Waals surface area contributed by atoms with Crippen molar-refractivity contribution in [2.75, 3.05) is 0 Å². The van der Waals surface area contributed by atoms with Crippen molar-refractivity contribution < 1.29 is 4.39 Å². The van der Waals surface area contributed by atoms with Crippen LogP contribution in [0.1, 0.15) is 17.2 Å². The van der Waals surface area contributed by atoms with Gasteiger partial charge in [0, 0.05) is 4.47 Å². The zero-order valence-corrected chi connectivity index (χ0v) is 12.3. The van der Waals surface area contributed by atoms with Crippen LogP contribution in [-0.2, 0) is 0 Å². The topological polar surface area (TPSA) is 26.0 Å². The van der Waals surface area contributed by atoms with Gasteiger partial charge in [0.15, 0.2) is 0 Å². The molecule has 1 atom stereocenters. The summed E-state index contributed by atoms with van der Waals surface area (Å²) in [6.45, 7) is 0. The fourth-order valence-electron chi connectivity index (χ4n) is 2.35. The number of halogens is 2. The number of fused-ring (bicyclic) bond motifs is 1. The lowest BCUT2D eigenvalue weighted by Crippen LogP contribution is -2.12. The summed E-state index contributed by atoms with van der Waals surface area (Å²) in [4.78, 5) is 0. The van der Waals surface area contributed by atoms with Crippen molar-refractivity contribution in [3.63, 3.8) is 0 Å². The summed E-state index contributed by atoms with van der Waals surface area (Å²) in [7, 11) is 0. The molecular weight excluding hydrogens is 317 g/mol. The first-order chi connectivity index (χ1) is 9.63.